The van der Waals surface area contributed by atoms with Gasteiger partial charge in [-0.15, -0.1) is 0 Å². The van der Waals surface area contributed by atoms with Crippen LogP contribution in [0.3, 0.4) is 0 Å². The maximum Gasteiger partial charge on any atom is 0.308 e. The number of nitrogens with zero attached hydrogens (tertiary/aromatic N) is 1. The molecule has 0 saturated carbocycles. The molecule has 3 nitrogen and oxygen atoms in total. The standard InChI is InChI=1S/C15H22ClNO2/c1-11(2)7-8-17(10-12(3)15(18)19)14-6-4-5-13(16)9-14/h4-6,9,11-12H,7-8,10H2,1-3H3,(H,18,19). The van der Waals surface area contributed by atoms with Gasteiger partial charge in [0.05, 0.1) is 5.92 Å². The minimum Gasteiger partial charge on any atom is -0.481 e. The largest absolute Gasteiger partial charge is 0.481 e. The van der Waals surface area contributed by atoms with E-state index in [0.29, 0.717) is 17.5 Å². The lowest BCUT2D eigenvalue weighted by molar-refractivity contribution is -0.140. The molecule has 1 atom stereocenters. The molecule has 1 N–H and O–H groups in total. The lowest BCUT2D eigenvalue weighted by Gasteiger charge is -2.27. The van der Waals surface area contributed by atoms with Gasteiger partial charge < -0.3 is 10.0 Å². The molecule has 0 aliphatic carbocycles. The zero-order valence-electron chi connectivity index (χ0n) is 11.8. The number of hydrogen-bond acceptors (Lipinski definition) is 2. The van der Waals surface area contributed by atoms with E-state index in [2.05, 4.69) is 18.7 Å². The van der Waals surface area contributed by atoms with Crippen LogP contribution in [-0.4, -0.2) is 24.2 Å². The highest BCUT2D eigenvalue weighted by Gasteiger charge is 2.17. The maximum absolute atomic E-state index is 11.0. The van der Waals surface area contributed by atoms with Gasteiger partial charge in [0.1, 0.15) is 0 Å². The van der Waals surface area contributed by atoms with E-state index in [1.54, 1.807) is 6.92 Å². The number of anilines is 1. The number of aliphatic carboxylic acids is 1. The van der Waals surface area contributed by atoms with Crippen LogP contribution in [0.15, 0.2) is 24.3 Å². The van der Waals surface area contributed by atoms with E-state index < -0.39 is 11.9 Å². The molecule has 0 fully saturated rings. The van der Waals surface area contributed by atoms with Crippen LogP contribution in [0.1, 0.15) is 27.2 Å². The van der Waals surface area contributed by atoms with Crippen molar-refractivity contribution in [2.45, 2.75) is 27.2 Å². The summed E-state index contributed by atoms with van der Waals surface area (Å²) in [5.41, 5.74) is 0.987. The summed E-state index contributed by atoms with van der Waals surface area (Å²) in [7, 11) is 0. The Labute approximate surface area is 120 Å². The van der Waals surface area contributed by atoms with Gasteiger partial charge in [0.15, 0.2) is 0 Å². The van der Waals surface area contributed by atoms with Crippen LogP contribution >= 0.6 is 11.6 Å². The van der Waals surface area contributed by atoms with Crippen molar-refractivity contribution in [3.8, 4) is 0 Å². The summed E-state index contributed by atoms with van der Waals surface area (Å²) in [4.78, 5) is 13.1. The van der Waals surface area contributed by atoms with Gasteiger partial charge in [0.25, 0.3) is 0 Å². The predicted molar refractivity (Wildman–Crippen MR) is 79.9 cm³/mol. The Bertz CT molecular complexity index is 420. The summed E-state index contributed by atoms with van der Waals surface area (Å²) < 4.78 is 0. The highest BCUT2D eigenvalue weighted by Crippen LogP contribution is 2.21. The number of halogens is 1. The molecule has 0 amide bonds. The van der Waals surface area contributed by atoms with Crippen molar-refractivity contribution in [3.63, 3.8) is 0 Å². The van der Waals surface area contributed by atoms with Crippen molar-refractivity contribution in [1.29, 1.82) is 0 Å². The van der Waals surface area contributed by atoms with Gasteiger partial charge in [0.2, 0.25) is 0 Å². The Hall–Kier alpha value is -1.22. The van der Waals surface area contributed by atoms with Gasteiger partial charge in [-0.3, -0.25) is 4.79 Å². The molecule has 0 saturated heterocycles. The number of carbonyl (C=O) groups is 1. The van der Waals surface area contributed by atoms with E-state index in [4.69, 9.17) is 16.7 Å². The van der Waals surface area contributed by atoms with Crippen LogP contribution in [0.2, 0.25) is 5.02 Å². The fourth-order valence-corrected chi connectivity index (χ4v) is 2.01. The summed E-state index contributed by atoms with van der Waals surface area (Å²) in [6.07, 6.45) is 1.03. The zero-order chi connectivity index (χ0) is 14.4. The fourth-order valence-electron chi connectivity index (χ4n) is 1.82. The molecule has 0 spiro atoms. The van der Waals surface area contributed by atoms with Gasteiger partial charge in [-0.1, -0.05) is 38.4 Å². The summed E-state index contributed by atoms with van der Waals surface area (Å²) in [6, 6.07) is 7.58. The Balaban J connectivity index is 2.82. The molecular weight excluding hydrogens is 262 g/mol. The van der Waals surface area contributed by atoms with Crippen molar-refractivity contribution >= 4 is 23.3 Å². The van der Waals surface area contributed by atoms with Crippen LogP contribution in [0.5, 0.6) is 0 Å². The highest BCUT2D eigenvalue weighted by atomic mass is 35.5. The van der Waals surface area contributed by atoms with Gasteiger partial charge in [0, 0.05) is 23.8 Å². The van der Waals surface area contributed by atoms with Crippen molar-refractivity contribution in [1.82, 2.24) is 0 Å². The number of carboxylic acid groups (broad SMARTS) is 1. The number of rotatable bonds is 7. The smallest absolute Gasteiger partial charge is 0.308 e. The first-order valence-electron chi connectivity index (χ1n) is 6.63. The second-order valence-electron chi connectivity index (χ2n) is 5.35. The van der Waals surface area contributed by atoms with Gasteiger partial charge >= 0.3 is 5.97 Å². The van der Waals surface area contributed by atoms with E-state index in [1.165, 1.54) is 0 Å². The third-order valence-electron chi connectivity index (χ3n) is 3.07. The minimum absolute atomic E-state index is 0.397. The van der Waals surface area contributed by atoms with Gasteiger partial charge in [-0.2, -0.15) is 0 Å². The highest BCUT2D eigenvalue weighted by molar-refractivity contribution is 6.30. The van der Waals surface area contributed by atoms with E-state index in [-0.39, 0.29) is 0 Å². The molecule has 106 valence electrons. The molecule has 1 unspecified atom stereocenters. The van der Waals surface area contributed by atoms with Gasteiger partial charge in [-0.05, 0) is 30.5 Å². The number of benzene rings is 1. The second kappa shape index (κ2) is 7.39. The first-order valence-corrected chi connectivity index (χ1v) is 7.01. The van der Waals surface area contributed by atoms with E-state index >= 15 is 0 Å². The maximum atomic E-state index is 11.0. The molecule has 0 aromatic heterocycles. The Morgan fingerprint density at radius 1 is 1.37 bits per heavy atom. The lowest BCUT2D eigenvalue weighted by atomic mass is 10.1. The van der Waals surface area contributed by atoms with Crippen molar-refractivity contribution < 1.29 is 9.90 Å². The predicted octanol–water partition coefficient (Wildman–Crippen LogP) is 3.91. The van der Waals surface area contributed by atoms with E-state index in [1.807, 2.05) is 24.3 Å². The average molecular weight is 284 g/mol. The van der Waals surface area contributed by atoms with Crippen LogP contribution in [-0.2, 0) is 4.79 Å². The molecule has 0 bridgehead atoms. The van der Waals surface area contributed by atoms with E-state index in [0.717, 1.165) is 18.7 Å². The Morgan fingerprint density at radius 2 is 2.05 bits per heavy atom. The molecule has 0 heterocycles. The minimum atomic E-state index is -0.767. The third kappa shape index (κ3) is 5.52. The summed E-state index contributed by atoms with van der Waals surface area (Å²) in [6.45, 7) is 7.40. The molecule has 4 heteroatoms. The fraction of sp³-hybridized carbons (Fsp3) is 0.533. The number of hydrogen-bond donors (Lipinski definition) is 1. The molecule has 1 aromatic carbocycles. The molecule has 0 radical (unpaired) electrons. The molecule has 0 aliphatic heterocycles. The van der Waals surface area contributed by atoms with Crippen LogP contribution in [0.4, 0.5) is 5.69 Å². The van der Waals surface area contributed by atoms with Crippen LogP contribution in [0.25, 0.3) is 0 Å². The van der Waals surface area contributed by atoms with Crippen molar-refractivity contribution in [3.05, 3.63) is 29.3 Å². The normalized spacial score (nSPS) is 12.5. The molecule has 1 aromatic rings. The van der Waals surface area contributed by atoms with Gasteiger partial charge in [-0.25, -0.2) is 0 Å². The first kappa shape index (κ1) is 15.8. The summed E-state index contributed by atoms with van der Waals surface area (Å²) in [5.74, 6) is -0.579. The average Bonchev–Trinajstić information content (AvgIpc) is 2.33. The topological polar surface area (TPSA) is 40.5 Å². The molecular formula is C15H22ClNO2. The quantitative estimate of drug-likeness (QED) is 0.825. The Morgan fingerprint density at radius 3 is 2.58 bits per heavy atom. The first-order chi connectivity index (χ1) is 8.90. The van der Waals surface area contributed by atoms with Crippen molar-refractivity contribution in [2.24, 2.45) is 11.8 Å². The summed E-state index contributed by atoms with van der Waals surface area (Å²) >= 11 is 6.01. The monoisotopic (exact) mass is 283 g/mol. The SMILES string of the molecule is CC(C)CCN(CC(C)C(=O)O)c1cccc(Cl)c1. The molecule has 1 rings (SSSR count). The van der Waals surface area contributed by atoms with Crippen LogP contribution < -0.4 is 4.90 Å². The molecule has 19 heavy (non-hydrogen) atoms. The third-order valence-corrected chi connectivity index (χ3v) is 3.30. The zero-order valence-corrected chi connectivity index (χ0v) is 12.5. The lowest BCUT2D eigenvalue weighted by Crippen LogP contribution is -2.33. The Kier molecular flexibility index (Phi) is 6.16. The number of carboxylic acids is 1. The summed E-state index contributed by atoms with van der Waals surface area (Å²) in [5, 5.41) is 9.73. The molecule has 0 aliphatic rings. The second-order valence-corrected chi connectivity index (χ2v) is 5.78. The van der Waals surface area contributed by atoms with Crippen LogP contribution in [0, 0.1) is 11.8 Å². The van der Waals surface area contributed by atoms with E-state index in [9.17, 15) is 4.79 Å². The van der Waals surface area contributed by atoms with Crippen molar-refractivity contribution in [2.75, 3.05) is 18.0 Å².